The molecule has 1 saturated heterocycles. The van der Waals surface area contributed by atoms with Gasteiger partial charge in [0.2, 0.25) is 11.8 Å². The van der Waals surface area contributed by atoms with Crippen LogP contribution in [-0.4, -0.2) is 34.0 Å². The summed E-state index contributed by atoms with van der Waals surface area (Å²) in [6.45, 7) is 6.32. The Hall–Kier alpha value is -2.21. The zero-order valence-electron chi connectivity index (χ0n) is 14.1. The molecule has 1 aromatic heterocycles. The van der Waals surface area contributed by atoms with Gasteiger partial charge in [-0.3, -0.25) is 9.69 Å². The lowest BCUT2D eigenvalue weighted by molar-refractivity contribution is -0.123. The highest BCUT2D eigenvalue weighted by molar-refractivity contribution is 6.06. The number of fused-ring (bicyclic) bond motifs is 2. The lowest BCUT2D eigenvalue weighted by atomic mass is 9.75. The Labute approximate surface area is 141 Å². The minimum Gasteiger partial charge on any atom is -0.338 e. The molecular formula is C18H22N4O2. The third-order valence-electron chi connectivity index (χ3n) is 5.06. The molecule has 0 saturated carbocycles. The third-order valence-corrected chi connectivity index (χ3v) is 5.06. The van der Waals surface area contributed by atoms with Crippen LogP contribution in [-0.2, 0) is 16.8 Å². The van der Waals surface area contributed by atoms with Crippen LogP contribution >= 0.6 is 0 Å². The van der Waals surface area contributed by atoms with Crippen LogP contribution in [0.25, 0.3) is 0 Å². The zero-order chi connectivity index (χ0) is 16.7. The van der Waals surface area contributed by atoms with Crippen LogP contribution in [0.3, 0.4) is 0 Å². The van der Waals surface area contributed by atoms with E-state index in [1.54, 1.807) is 0 Å². The van der Waals surface area contributed by atoms with E-state index < -0.39 is 5.41 Å². The van der Waals surface area contributed by atoms with Crippen molar-refractivity contribution < 1.29 is 9.32 Å². The summed E-state index contributed by atoms with van der Waals surface area (Å²) in [6, 6.07) is 8.02. The van der Waals surface area contributed by atoms with Crippen molar-refractivity contribution in [2.24, 2.45) is 0 Å². The number of nitrogens with one attached hydrogen (secondary N) is 1. The number of hydrogen-bond acceptors (Lipinski definition) is 5. The second-order valence-corrected chi connectivity index (χ2v) is 7.10. The summed E-state index contributed by atoms with van der Waals surface area (Å²) in [5, 5.41) is 7.07. The molecule has 1 aromatic carbocycles. The number of hydrogen-bond donors (Lipinski definition) is 1. The van der Waals surface area contributed by atoms with Gasteiger partial charge in [0.05, 0.1) is 12.0 Å². The lowest BCUT2D eigenvalue weighted by Crippen LogP contribution is -2.49. The molecule has 6 nitrogen and oxygen atoms in total. The van der Waals surface area contributed by atoms with E-state index in [0.717, 1.165) is 36.5 Å². The smallest absolute Gasteiger partial charge is 0.240 e. The van der Waals surface area contributed by atoms with Crippen molar-refractivity contribution >= 4 is 11.6 Å². The number of rotatable bonds is 3. The van der Waals surface area contributed by atoms with Gasteiger partial charge >= 0.3 is 0 Å². The van der Waals surface area contributed by atoms with E-state index in [2.05, 4.69) is 26.4 Å². The van der Waals surface area contributed by atoms with Gasteiger partial charge in [0.25, 0.3) is 0 Å². The Morgan fingerprint density at radius 1 is 1.38 bits per heavy atom. The molecule has 1 unspecified atom stereocenters. The van der Waals surface area contributed by atoms with Crippen LogP contribution < -0.4 is 5.32 Å². The Bertz CT molecular complexity index is 770. The Balaban J connectivity index is 1.56. The highest BCUT2D eigenvalue weighted by atomic mass is 16.5. The standard InChI is InChI=1S/C18H22N4O2/c1-12(2)16-20-15(24-21-16)10-22-9-5-8-18(11-22)13-6-3-4-7-14(13)19-17(18)23/h3-4,6-7,12H,5,8-11H2,1-2H3,(H,19,23). The van der Waals surface area contributed by atoms with E-state index in [4.69, 9.17) is 4.52 Å². The number of carbonyl (C=O) groups is 1. The van der Waals surface area contributed by atoms with Crippen molar-refractivity contribution in [3.8, 4) is 0 Å². The molecule has 1 N–H and O–H groups in total. The maximum Gasteiger partial charge on any atom is 0.240 e. The molecule has 24 heavy (non-hydrogen) atoms. The molecule has 0 aliphatic carbocycles. The number of anilines is 1. The topological polar surface area (TPSA) is 71.3 Å². The van der Waals surface area contributed by atoms with Crippen molar-refractivity contribution in [1.82, 2.24) is 15.0 Å². The largest absolute Gasteiger partial charge is 0.338 e. The molecule has 0 radical (unpaired) electrons. The van der Waals surface area contributed by atoms with Gasteiger partial charge < -0.3 is 9.84 Å². The lowest BCUT2D eigenvalue weighted by Gasteiger charge is -2.38. The molecular weight excluding hydrogens is 304 g/mol. The van der Waals surface area contributed by atoms with E-state index in [9.17, 15) is 4.79 Å². The van der Waals surface area contributed by atoms with E-state index >= 15 is 0 Å². The molecule has 2 aliphatic rings. The van der Waals surface area contributed by atoms with E-state index in [0.29, 0.717) is 19.0 Å². The second kappa shape index (κ2) is 5.70. The first-order valence-corrected chi connectivity index (χ1v) is 8.54. The second-order valence-electron chi connectivity index (χ2n) is 7.10. The van der Waals surface area contributed by atoms with Gasteiger partial charge in [0.15, 0.2) is 5.82 Å². The number of carbonyl (C=O) groups excluding carboxylic acids is 1. The summed E-state index contributed by atoms with van der Waals surface area (Å²) in [5.41, 5.74) is 1.62. The van der Waals surface area contributed by atoms with Crippen LogP contribution in [0.15, 0.2) is 28.8 Å². The predicted octanol–water partition coefficient (Wildman–Crippen LogP) is 2.68. The van der Waals surface area contributed by atoms with Crippen LogP contribution in [0, 0.1) is 0 Å². The number of aromatic nitrogens is 2. The molecule has 126 valence electrons. The van der Waals surface area contributed by atoms with E-state index in [-0.39, 0.29) is 11.8 Å². The van der Waals surface area contributed by atoms with Gasteiger partial charge in [-0.25, -0.2) is 0 Å². The number of para-hydroxylation sites is 1. The number of amides is 1. The fourth-order valence-electron chi connectivity index (χ4n) is 3.82. The first kappa shape index (κ1) is 15.3. The van der Waals surface area contributed by atoms with Crippen LogP contribution in [0.1, 0.15) is 49.9 Å². The van der Waals surface area contributed by atoms with Crippen molar-refractivity contribution in [2.45, 2.75) is 44.6 Å². The number of nitrogens with zero attached hydrogens (tertiary/aromatic N) is 3. The molecule has 1 amide bonds. The molecule has 2 aliphatic heterocycles. The van der Waals surface area contributed by atoms with Gasteiger partial charge in [-0.05, 0) is 31.0 Å². The monoisotopic (exact) mass is 326 g/mol. The molecule has 3 heterocycles. The Morgan fingerprint density at radius 2 is 2.21 bits per heavy atom. The van der Waals surface area contributed by atoms with E-state index in [1.807, 2.05) is 32.0 Å². The maximum absolute atomic E-state index is 12.7. The number of likely N-dealkylation sites (tertiary alicyclic amines) is 1. The van der Waals surface area contributed by atoms with Gasteiger partial charge in [-0.15, -0.1) is 0 Å². The molecule has 1 spiro atoms. The molecule has 6 heteroatoms. The van der Waals surface area contributed by atoms with Crippen molar-refractivity contribution in [3.05, 3.63) is 41.5 Å². The van der Waals surface area contributed by atoms with Crippen molar-refractivity contribution in [3.63, 3.8) is 0 Å². The quantitative estimate of drug-likeness (QED) is 0.939. The predicted molar refractivity (Wildman–Crippen MR) is 89.6 cm³/mol. The minimum atomic E-state index is -0.449. The summed E-state index contributed by atoms with van der Waals surface area (Å²) >= 11 is 0. The summed E-state index contributed by atoms with van der Waals surface area (Å²) < 4.78 is 5.37. The molecule has 1 fully saturated rings. The summed E-state index contributed by atoms with van der Waals surface area (Å²) in [5.74, 6) is 1.73. The van der Waals surface area contributed by atoms with E-state index in [1.165, 1.54) is 0 Å². The first-order chi connectivity index (χ1) is 11.6. The molecule has 2 aromatic rings. The van der Waals surface area contributed by atoms with Gasteiger partial charge in [0, 0.05) is 18.2 Å². The third kappa shape index (κ3) is 2.41. The maximum atomic E-state index is 12.7. The molecule has 0 bridgehead atoms. The zero-order valence-corrected chi connectivity index (χ0v) is 14.1. The first-order valence-electron chi connectivity index (χ1n) is 8.54. The van der Waals surface area contributed by atoms with Gasteiger partial charge in [-0.2, -0.15) is 4.98 Å². The average Bonchev–Trinajstić information content (AvgIpc) is 3.13. The summed E-state index contributed by atoms with van der Waals surface area (Å²) in [7, 11) is 0. The fraction of sp³-hybridized carbons (Fsp3) is 0.500. The highest BCUT2D eigenvalue weighted by Gasteiger charge is 2.49. The summed E-state index contributed by atoms with van der Waals surface area (Å²) in [4.78, 5) is 19.4. The normalized spacial score (nSPS) is 23.7. The molecule has 1 atom stereocenters. The van der Waals surface area contributed by atoms with Crippen LogP contribution in [0.4, 0.5) is 5.69 Å². The SMILES string of the molecule is CC(C)c1noc(CN2CCCC3(C2)C(=O)Nc2ccccc23)n1. The Kier molecular flexibility index (Phi) is 3.64. The summed E-state index contributed by atoms with van der Waals surface area (Å²) in [6.07, 6.45) is 1.86. The minimum absolute atomic E-state index is 0.113. The fourth-order valence-corrected chi connectivity index (χ4v) is 3.82. The van der Waals surface area contributed by atoms with Gasteiger partial charge in [-0.1, -0.05) is 37.2 Å². The van der Waals surface area contributed by atoms with Crippen molar-refractivity contribution in [1.29, 1.82) is 0 Å². The van der Waals surface area contributed by atoms with Gasteiger partial charge in [0.1, 0.15) is 0 Å². The number of piperidine rings is 1. The average molecular weight is 326 g/mol. The van der Waals surface area contributed by atoms with Crippen molar-refractivity contribution in [2.75, 3.05) is 18.4 Å². The van der Waals surface area contributed by atoms with Crippen LogP contribution in [0.5, 0.6) is 0 Å². The number of benzene rings is 1. The van der Waals surface area contributed by atoms with Crippen LogP contribution in [0.2, 0.25) is 0 Å². The highest BCUT2D eigenvalue weighted by Crippen LogP contribution is 2.43. The Morgan fingerprint density at radius 3 is 3.00 bits per heavy atom. The molecule has 4 rings (SSSR count).